The van der Waals surface area contributed by atoms with Crippen molar-refractivity contribution in [1.82, 2.24) is 15.0 Å². The van der Waals surface area contributed by atoms with E-state index in [1.807, 2.05) is 0 Å². The fourth-order valence-corrected chi connectivity index (χ4v) is 1.80. The highest BCUT2D eigenvalue weighted by molar-refractivity contribution is 6.34. The molecule has 4 nitrogen and oxygen atoms in total. The van der Waals surface area contributed by atoms with E-state index in [0.29, 0.717) is 0 Å². The van der Waals surface area contributed by atoms with Gasteiger partial charge in [0.05, 0.1) is 5.69 Å². The Hall–Kier alpha value is -1.47. The van der Waals surface area contributed by atoms with Gasteiger partial charge in [0.15, 0.2) is 5.82 Å². The Morgan fingerprint density at radius 2 is 1.61 bits per heavy atom. The standard InChI is InChI=1S/C9H5Cl2F3N4/c10-4-1-5(11)3-6(2-4)18-16-7(8(15)17-18)9(12,13)14/h1-3H,(H2,15,17). The lowest BCUT2D eigenvalue weighted by molar-refractivity contribution is -0.140. The number of rotatable bonds is 1. The van der Waals surface area contributed by atoms with Crippen molar-refractivity contribution in [2.24, 2.45) is 0 Å². The maximum atomic E-state index is 12.5. The number of benzene rings is 1. The number of nitrogens with two attached hydrogens (primary N) is 1. The van der Waals surface area contributed by atoms with Crippen molar-refractivity contribution >= 4 is 29.0 Å². The number of halogens is 5. The molecule has 96 valence electrons. The molecule has 0 saturated carbocycles. The Bertz CT molecular complexity index is 574. The lowest BCUT2D eigenvalue weighted by atomic mass is 10.3. The highest BCUT2D eigenvalue weighted by Crippen LogP contribution is 2.31. The van der Waals surface area contributed by atoms with Gasteiger partial charge >= 0.3 is 6.18 Å². The van der Waals surface area contributed by atoms with Crippen molar-refractivity contribution in [3.05, 3.63) is 33.9 Å². The number of nitrogen functional groups attached to an aromatic ring is 1. The first-order valence-corrected chi connectivity index (χ1v) is 5.29. The summed E-state index contributed by atoms with van der Waals surface area (Å²) in [6.07, 6.45) is -4.66. The van der Waals surface area contributed by atoms with E-state index < -0.39 is 17.7 Å². The van der Waals surface area contributed by atoms with Crippen LogP contribution in [0.15, 0.2) is 18.2 Å². The number of nitrogens with zero attached hydrogens (tertiary/aromatic N) is 3. The number of anilines is 1. The minimum atomic E-state index is -4.66. The van der Waals surface area contributed by atoms with Crippen LogP contribution in [0.1, 0.15) is 5.69 Å². The molecule has 2 N–H and O–H groups in total. The average Bonchev–Trinajstić information content (AvgIpc) is 2.58. The van der Waals surface area contributed by atoms with E-state index in [9.17, 15) is 13.2 Å². The minimum absolute atomic E-state index is 0.190. The molecule has 0 spiro atoms. The maximum absolute atomic E-state index is 12.5. The third-order valence-corrected chi connectivity index (χ3v) is 2.42. The zero-order chi connectivity index (χ0) is 13.5. The molecule has 1 aromatic heterocycles. The summed E-state index contributed by atoms with van der Waals surface area (Å²) in [5.74, 6) is -0.710. The molecule has 2 aromatic rings. The van der Waals surface area contributed by atoms with Crippen LogP contribution >= 0.6 is 23.2 Å². The molecule has 0 amide bonds. The van der Waals surface area contributed by atoms with Gasteiger partial charge in [-0.25, -0.2) is 0 Å². The van der Waals surface area contributed by atoms with Crippen LogP contribution in [-0.2, 0) is 6.18 Å². The lowest BCUT2D eigenvalue weighted by Crippen LogP contribution is -2.09. The van der Waals surface area contributed by atoms with Gasteiger partial charge in [0.25, 0.3) is 0 Å². The summed E-state index contributed by atoms with van der Waals surface area (Å²) >= 11 is 11.5. The zero-order valence-corrected chi connectivity index (χ0v) is 10.1. The molecule has 0 saturated heterocycles. The summed E-state index contributed by atoms with van der Waals surface area (Å²) in [4.78, 5) is 0.732. The highest BCUT2D eigenvalue weighted by Gasteiger charge is 2.37. The SMILES string of the molecule is Nc1nn(-c2cc(Cl)cc(Cl)c2)nc1C(F)(F)F. The lowest BCUT2D eigenvalue weighted by Gasteiger charge is -2.02. The van der Waals surface area contributed by atoms with Crippen molar-refractivity contribution in [3.63, 3.8) is 0 Å². The number of hydrogen-bond acceptors (Lipinski definition) is 3. The third kappa shape index (κ3) is 2.51. The van der Waals surface area contributed by atoms with Gasteiger partial charge in [-0.1, -0.05) is 23.2 Å². The summed E-state index contributed by atoms with van der Waals surface area (Å²) in [5.41, 5.74) is 4.10. The molecule has 1 heterocycles. The Kier molecular flexibility index (Phi) is 3.12. The quantitative estimate of drug-likeness (QED) is 0.879. The topological polar surface area (TPSA) is 56.7 Å². The molecule has 0 radical (unpaired) electrons. The molecule has 0 unspecified atom stereocenters. The van der Waals surface area contributed by atoms with E-state index in [1.165, 1.54) is 18.2 Å². The summed E-state index contributed by atoms with van der Waals surface area (Å²) in [5, 5.41) is 7.25. The van der Waals surface area contributed by atoms with E-state index in [-0.39, 0.29) is 15.7 Å². The van der Waals surface area contributed by atoms with Crippen LogP contribution in [-0.4, -0.2) is 15.0 Å². The second-order valence-electron chi connectivity index (χ2n) is 3.35. The van der Waals surface area contributed by atoms with Crippen molar-refractivity contribution in [2.75, 3.05) is 5.73 Å². The fraction of sp³-hybridized carbons (Fsp3) is 0.111. The van der Waals surface area contributed by atoms with Gasteiger partial charge in [-0.05, 0) is 18.2 Å². The Labute approximate surface area is 109 Å². The van der Waals surface area contributed by atoms with Crippen molar-refractivity contribution in [2.45, 2.75) is 6.18 Å². The molecule has 18 heavy (non-hydrogen) atoms. The average molecular weight is 297 g/mol. The predicted octanol–water partition coefficient (Wildman–Crippen LogP) is 3.18. The van der Waals surface area contributed by atoms with Gasteiger partial charge in [0.1, 0.15) is 0 Å². The molecule has 0 aliphatic rings. The molecule has 0 aliphatic carbocycles. The monoisotopic (exact) mass is 296 g/mol. The van der Waals surface area contributed by atoms with Crippen LogP contribution < -0.4 is 5.73 Å². The summed E-state index contributed by atoms with van der Waals surface area (Å²) in [6, 6.07) is 4.17. The van der Waals surface area contributed by atoms with Crippen LogP contribution in [0, 0.1) is 0 Å². The van der Waals surface area contributed by atoms with Crippen LogP contribution in [0.5, 0.6) is 0 Å². The summed E-state index contributed by atoms with van der Waals surface area (Å²) < 4.78 is 37.5. The van der Waals surface area contributed by atoms with E-state index in [0.717, 1.165) is 4.80 Å². The first-order chi connectivity index (χ1) is 8.27. The number of alkyl halides is 3. The van der Waals surface area contributed by atoms with Gasteiger partial charge in [0, 0.05) is 10.0 Å². The summed E-state index contributed by atoms with van der Waals surface area (Å²) in [6.45, 7) is 0. The van der Waals surface area contributed by atoms with Crippen LogP contribution in [0.2, 0.25) is 10.0 Å². The van der Waals surface area contributed by atoms with Crippen LogP contribution in [0.3, 0.4) is 0 Å². The van der Waals surface area contributed by atoms with E-state index >= 15 is 0 Å². The van der Waals surface area contributed by atoms with Gasteiger partial charge in [-0.2, -0.15) is 13.2 Å². The maximum Gasteiger partial charge on any atom is 0.438 e. The van der Waals surface area contributed by atoms with Crippen LogP contribution in [0.4, 0.5) is 19.0 Å². The van der Waals surface area contributed by atoms with Gasteiger partial charge in [-0.15, -0.1) is 15.0 Å². The first kappa shape index (κ1) is 13.0. The highest BCUT2D eigenvalue weighted by atomic mass is 35.5. The smallest absolute Gasteiger partial charge is 0.380 e. The van der Waals surface area contributed by atoms with Gasteiger partial charge in [-0.3, -0.25) is 0 Å². The minimum Gasteiger partial charge on any atom is -0.380 e. The third-order valence-electron chi connectivity index (χ3n) is 1.99. The molecule has 0 fully saturated rings. The molecular weight excluding hydrogens is 292 g/mol. The Morgan fingerprint density at radius 1 is 1.06 bits per heavy atom. The largest absolute Gasteiger partial charge is 0.438 e. The number of hydrogen-bond donors (Lipinski definition) is 1. The Morgan fingerprint density at radius 3 is 2.06 bits per heavy atom. The van der Waals surface area contributed by atoms with Crippen LogP contribution in [0.25, 0.3) is 5.69 Å². The number of aromatic nitrogens is 3. The first-order valence-electron chi connectivity index (χ1n) is 4.54. The molecule has 1 aromatic carbocycles. The molecule has 9 heteroatoms. The van der Waals surface area contributed by atoms with Crippen molar-refractivity contribution in [1.29, 1.82) is 0 Å². The second-order valence-corrected chi connectivity index (χ2v) is 4.22. The molecule has 0 aliphatic heterocycles. The fourth-order valence-electron chi connectivity index (χ4n) is 1.29. The van der Waals surface area contributed by atoms with E-state index in [1.54, 1.807) is 0 Å². The molecule has 0 atom stereocenters. The Balaban J connectivity index is 2.52. The summed E-state index contributed by atoms with van der Waals surface area (Å²) in [7, 11) is 0. The second kappa shape index (κ2) is 4.33. The molecular formula is C9H5Cl2F3N4. The van der Waals surface area contributed by atoms with Crippen molar-refractivity contribution in [3.8, 4) is 5.69 Å². The molecule has 2 rings (SSSR count). The molecule has 0 bridgehead atoms. The van der Waals surface area contributed by atoms with Crippen molar-refractivity contribution < 1.29 is 13.2 Å². The van der Waals surface area contributed by atoms with E-state index in [4.69, 9.17) is 28.9 Å². The van der Waals surface area contributed by atoms with Gasteiger partial charge < -0.3 is 5.73 Å². The normalized spacial score (nSPS) is 11.8. The zero-order valence-electron chi connectivity index (χ0n) is 8.54. The predicted molar refractivity (Wildman–Crippen MR) is 60.8 cm³/mol. The van der Waals surface area contributed by atoms with Gasteiger partial charge in [0.2, 0.25) is 5.69 Å². The van der Waals surface area contributed by atoms with E-state index in [2.05, 4.69) is 10.2 Å².